The largest absolute Gasteiger partial charge is 0.465 e. The van der Waals surface area contributed by atoms with Crippen molar-refractivity contribution in [3.63, 3.8) is 0 Å². The van der Waals surface area contributed by atoms with Gasteiger partial charge in [-0.1, -0.05) is 6.92 Å². The average molecular weight is 360 g/mol. The number of rotatable bonds is 8. The first-order valence-electron chi connectivity index (χ1n) is 7.47. The Morgan fingerprint density at radius 2 is 2.10 bits per heavy atom. The van der Waals surface area contributed by atoms with Crippen molar-refractivity contribution in [2.24, 2.45) is 0 Å². The summed E-state index contributed by atoms with van der Waals surface area (Å²) in [6.07, 6.45) is 1.58. The van der Waals surface area contributed by atoms with Crippen LogP contribution < -0.4 is 5.32 Å². The van der Waals surface area contributed by atoms with Crippen LogP contribution in [-0.4, -0.2) is 34.4 Å². The fraction of sp³-hybridized carbons (Fsp3) is 0.733. The van der Waals surface area contributed by atoms with Gasteiger partial charge in [0.2, 0.25) is 0 Å². The molecule has 0 saturated heterocycles. The number of esters is 1. The van der Waals surface area contributed by atoms with E-state index in [1.165, 1.54) is 0 Å². The monoisotopic (exact) mass is 359 g/mol. The molecule has 1 heterocycles. The number of ether oxygens (including phenoxy) is 1. The van der Waals surface area contributed by atoms with Gasteiger partial charge in [0, 0.05) is 12.2 Å². The Hall–Kier alpha value is -0.880. The first kappa shape index (κ1) is 18.2. The molecule has 0 aliphatic heterocycles. The lowest BCUT2D eigenvalue weighted by atomic mass is 9.95. The zero-order valence-electron chi connectivity index (χ0n) is 13.6. The van der Waals surface area contributed by atoms with Crippen molar-refractivity contribution in [1.82, 2.24) is 15.1 Å². The van der Waals surface area contributed by atoms with Crippen LogP contribution in [0.1, 0.15) is 45.0 Å². The van der Waals surface area contributed by atoms with E-state index >= 15 is 0 Å². The lowest BCUT2D eigenvalue weighted by Crippen LogP contribution is -2.50. The van der Waals surface area contributed by atoms with Gasteiger partial charge in [0.1, 0.15) is 5.54 Å². The van der Waals surface area contributed by atoms with Crippen molar-refractivity contribution in [2.75, 3.05) is 13.2 Å². The Kier molecular flexibility index (Phi) is 6.87. The van der Waals surface area contributed by atoms with Crippen LogP contribution in [0.25, 0.3) is 0 Å². The summed E-state index contributed by atoms with van der Waals surface area (Å²) < 4.78 is 8.22. The van der Waals surface area contributed by atoms with Crippen molar-refractivity contribution in [1.29, 1.82) is 0 Å². The Morgan fingerprint density at radius 1 is 1.43 bits per heavy atom. The highest BCUT2D eigenvalue weighted by Gasteiger charge is 2.33. The molecule has 1 aromatic rings. The molecule has 21 heavy (non-hydrogen) atoms. The maximum absolute atomic E-state index is 12.1. The SMILES string of the molecule is CCNC(C)(CCCn1nc(C)c(Br)c1C)C(=O)OCC. The first-order chi connectivity index (χ1) is 9.85. The van der Waals surface area contributed by atoms with Crippen LogP contribution in [-0.2, 0) is 16.1 Å². The maximum atomic E-state index is 12.1. The number of aryl methyl sites for hydroxylation is 2. The number of hydrogen-bond acceptors (Lipinski definition) is 4. The van der Waals surface area contributed by atoms with E-state index in [1.807, 2.05) is 39.3 Å². The second-order valence-corrected chi connectivity index (χ2v) is 6.19. The van der Waals surface area contributed by atoms with Crippen molar-refractivity contribution in [3.8, 4) is 0 Å². The Balaban J connectivity index is 2.65. The summed E-state index contributed by atoms with van der Waals surface area (Å²) in [7, 11) is 0. The number of carbonyl (C=O) groups is 1. The van der Waals surface area contributed by atoms with E-state index < -0.39 is 5.54 Å². The van der Waals surface area contributed by atoms with E-state index in [0.29, 0.717) is 6.61 Å². The van der Waals surface area contributed by atoms with Crippen LogP contribution >= 0.6 is 15.9 Å². The van der Waals surface area contributed by atoms with Crippen LogP contribution in [0.3, 0.4) is 0 Å². The second kappa shape index (κ2) is 7.94. The summed E-state index contributed by atoms with van der Waals surface area (Å²) >= 11 is 3.53. The Morgan fingerprint density at radius 3 is 2.57 bits per heavy atom. The van der Waals surface area contributed by atoms with E-state index in [-0.39, 0.29) is 5.97 Å². The lowest BCUT2D eigenvalue weighted by molar-refractivity contribution is -0.150. The van der Waals surface area contributed by atoms with Crippen molar-refractivity contribution >= 4 is 21.9 Å². The molecular weight excluding hydrogens is 334 g/mol. The highest BCUT2D eigenvalue weighted by atomic mass is 79.9. The molecule has 120 valence electrons. The molecule has 1 N–H and O–H groups in total. The van der Waals surface area contributed by atoms with Gasteiger partial charge in [0.15, 0.2) is 0 Å². The number of hydrogen-bond donors (Lipinski definition) is 1. The molecular formula is C15H26BrN3O2. The number of carbonyl (C=O) groups excluding carboxylic acids is 1. The number of nitrogens with zero attached hydrogens (tertiary/aromatic N) is 2. The Bertz CT molecular complexity index is 488. The van der Waals surface area contributed by atoms with Crippen LogP contribution in [0, 0.1) is 13.8 Å². The minimum atomic E-state index is -0.627. The van der Waals surface area contributed by atoms with Gasteiger partial charge in [-0.3, -0.25) is 9.48 Å². The lowest BCUT2D eigenvalue weighted by Gasteiger charge is -2.28. The molecule has 0 amide bonds. The van der Waals surface area contributed by atoms with Gasteiger partial charge in [-0.15, -0.1) is 0 Å². The average Bonchev–Trinajstić information content (AvgIpc) is 2.67. The van der Waals surface area contributed by atoms with Crippen molar-refractivity contribution in [2.45, 2.75) is 59.5 Å². The van der Waals surface area contributed by atoms with Crippen molar-refractivity contribution in [3.05, 3.63) is 15.9 Å². The molecule has 1 rings (SSSR count). The number of halogens is 1. The minimum absolute atomic E-state index is 0.179. The highest BCUT2D eigenvalue weighted by molar-refractivity contribution is 9.10. The van der Waals surface area contributed by atoms with Gasteiger partial charge in [-0.05, 0) is 63.0 Å². The molecule has 0 radical (unpaired) electrons. The summed E-state index contributed by atoms with van der Waals surface area (Å²) in [5.74, 6) is -0.179. The molecule has 5 nitrogen and oxygen atoms in total. The summed E-state index contributed by atoms with van der Waals surface area (Å²) in [5.41, 5.74) is 1.49. The summed E-state index contributed by atoms with van der Waals surface area (Å²) in [6.45, 7) is 11.7. The zero-order valence-corrected chi connectivity index (χ0v) is 15.2. The quantitative estimate of drug-likeness (QED) is 0.725. The van der Waals surface area contributed by atoms with Gasteiger partial charge in [0.25, 0.3) is 0 Å². The smallest absolute Gasteiger partial charge is 0.326 e. The molecule has 0 aliphatic rings. The fourth-order valence-corrected chi connectivity index (χ4v) is 2.70. The van der Waals surface area contributed by atoms with Crippen LogP contribution in [0.15, 0.2) is 4.47 Å². The van der Waals surface area contributed by atoms with Gasteiger partial charge in [0.05, 0.1) is 16.8 Å². The van der Waals surface area contributed by atoms with E-state index in [0.717, 1.165) is 41.8 Å². The predicted molar refractivity (Wildman–Crippen MR) is 87.3 cm³/mol. The summed E-state index contributed by atoms with van der Waals surface area (Å²) in [4.78, 5) is 12.1. The van der Waals surface area contributed by atoms with Gasteiger partial charge in [-0.25, -0.2) is 0 Å². The number of aromatic nitrogens is 2. The summed E-state index contributed by atoms with van der Waals surface area (Å²) in [6, 6.07) is 0. The van der Waals surface area contributed by atoms with Crippen LogP contribution in [0.4, 0.5) is 0 Å². The van der Waals surface area contributed by atoms with Crippen LogP contribution in [0.5, 0.6) is 0 Å². The maximum Gasteiger partial charge on any atom is 0.326 e. The number of likely N-dealkylation sites (N-methyl/N-ethyl adjacent to an activating group) is 1. The molecule has 1 atom stereocenters. The molecule has 0 spiro atoms. The van der Waals surface area contributed by atoms with Gasteiger partial charge in [-0.2, -0.15) is 5.10 Å². The Labute approximate surface area is 135 Å². The fourth-order valence-electron chi connectivity index (χ4n) is 2.42. The van der Waals surface area contributed by atoms with Crippen LogP contribution in [0.2, 0.25) is 0 Å². The van der Waals surface area contributed by atoms with Crippen molar-refractivity contribution < 1.29 is 9.53 Å². The number of nitrogens with one attached hydrogen (secondary N) is 1. The third-order valence-corrected chi connectivity index (χ3v) is 4.78. The molecule has 0 saturated carbocycles. The molecule has 0 fully saturated rings. The first-order valence-corrected chi connectivity index (χ1v) is 8.26. The molecule has 0 aromatic carbocycles. The normalized spacial score (nSPS) is 14.0. The third kappa shape index (κ3) is 4.54. The zero-order chi connectivity index (χ0) is 16.0. The summed E-state index contributed by atoms with van der Waals surface area (Å²) in [5, 5.41) is 7.74. The highest BCUT2D eigenvalue weighted by Crippen LogP contribution is 2.21. The predicted octanol–water partition coefficient (Wildman–Crippen LogP) is 2.97. The molecule has 1 unspecified atom stereocenters. The standard InChI is InChI=1S/C15H26BrN3O2/c1-6-17-15(5,14(20)21-7-2)9-8-10-19-12(4)13(16)11(3)18-19/h17H,6-10H2,1-5H3. The topological polar surface area (TPSA) is 56.2 Å². The van der Waals surface area contributed by atoms with Gasteiger partial charge < -0.3 is 10.1 Å². The van der Waals surface area contributed by atoms with E-state index in [9.17, 15) is 4.79 Å². The molecule has 1 aromatic heterocycles. The van der Waals surface area contributed by atoms with Gasteiger partial charge >= 0.3 is 5.97 Å². The third-order valence-electron chi connectivity index (χ3n) is 3.63. The second-order valence-electron chi connectivity index (χ2n) is 5.39. The molecule has 0 bridgehead atoms. The van der Waals surface area contributed by atoms with E-state index in [1.54, 1.807) is 0 Å². The van der Waals surface area contributed by atoms with E-state index in [4.69, 9.17) is 4.74 Å². The molecule has 0 aliphatic carbocycles. The minimum Gasteiger partial charge on any atom is -0.465 e. The molecule has 6 heteroatoms. The van der Waals surface area contributed by atoms with E-state index in [2.05, 4.69) is 26.3 Å².